The summed E-state index contributed by atoms with van der Waals surface area (Å²) >= 11 is 0. The van der Waals surface area contributed by atoms with Crippen LogP contribution in [0.4, 0.5) is 15.8 Å². The van der Waals surface area contributed by atoms with E-state index in [1.165, 1.54) is 6.07 Å². The summed E-state index contributed by atoms with van der Waals surface area (Å²) in [5, 5.41) is 15.3. The second-order valence-corrected chi connectivity index (χ2v) is 6.18. The van der Waals surface area contributed by atoms with Gasteiger partial charge in [-0.2, -0.15) is 4.39 Å². The van der Waals surface area contributed by atoms with Crippen molar-refractivity contribution in [1.29, 1.82) is 0 Å². The van der Waals surface area contributed by atoms with Gasteiger partial charge in [0.1, 0.15) is 11.8 Å². The van der Waals surface area contributed by atoms with Crippen LogP contribution in [0.5, 0.6) is 5.75 Å². The van der Waals surface area contributed by atoms with Crippen LogP contribution >= 0.6 is 0 Å². The Morgan fingerprint density at radius 1 is 1.30 bits per heavy atom. The minimum absolute atomic E-state index is 0.0687. The molecule has 0 aliphatic carbocycles. The van der Waals surface area contributed by atoms with E-state index >= 15 is 0 Å². The van der Waals surface area contributed by atoms with Crippen molar-refractivity contribution in [2.75, 3.05) is 12.4 Å². The highest BCUT2D eigenvalue weighted by molar-refractivity contribution is 5.93. The molecule has 2 rings (SSSR count). The summed E-state index contributed by atoms with van der Waals surface area (Å²) in [5.74, 6) is -0.497. The number of ether oxygens (including phenoxy) is 1. The number of nitrogens with zero attached hydrogens (tertiary/aromatic N) is 1. The van der Waals surface area contributed by atoms with Crippen molar-refractivity contribution in [3.05, 3.63) is 64.0 Å². The Kier molecular flexibility index (Phi) is 6.84. The number of anilines is 1. The molecule has 0 saturated carbocycles. The Morgan fingerprint density at radius 3 is 2.52 bits per heavy atom. The smallest absolute Gasteiger partial charge is 0.306 e. The predicted octanol–water partition coefficient (Wildman–Crippen LogP) is 2.78. The van der Waals surface area contributed by atoms with Gasteiger partial charge in [0.15, 0.2) is 6.04 Å². The highest BCUT2D eigenvalue weighted by Crippen LogP contribution is 2.22. The number of carbonyl (C=O) groups excluding carboxylic acids is 1. The third-order valence-corrected chi connectivity index (χ3v) is 4.33. The van der Waals surface area contributed by atoms with Gasteiger partial charge in [-0.1, -0.05) is 6.92 Å². The molecular formula is C19H23FN3O4+. The molecule has 0 aliphatic heterocycles. The van der Waals surface area contributed by atoms with Gasteiger partial charge in [0.05, 0.1) is 12.0 Å². The molecular weight excluding hydrogens is 353 g/mol. The zero-order chi connectivity index (χ0) is 20.0. The van der Waals surface area contributed by atoms with Gasteiger partial charge in [-0.05, 0) is 43.3 Å². The molecule has 2 aromatic rings. The Balaban J connectivity index is 2.05. The van der Waals surface area contributed by atoms with Gasteiger partial charge in [0, 0.05) is 23.7 Å². The predicted molar refractivity (Wildman–Crippen MR) is 99.1 cm³/mol. The lowest BCUT2D eigenvalue weighted by molar-refractivity contribution is -0.713. The van der Waals surface area contributed by atoms with Crippen LogP contribution in [0.25, 0.3) is 0 Å². The number of nitro benzene ring substituents is 1. The lowest BCUT2D eigenvalue weighted by atomic mass is 10.0. The summed E-state index contributed by atoms with van der Waals surface area (Å²) < 4.78 is 18.6. The number of amides is 1. The lowest BCUT2D eigenvalue weighted by Crippen LogP contribution is -2.92. The molecule has 0 heterocycles. The summed E-state index contributed by atoms with van der Waals surface area (Å²) in [4.78, 5) is 22.4. The number of methoxy groups -OCH3 is 1. The molecule has 0 fully saturated rings. The maximum absolute atomic E-state index is 13.4. The molecule has 0 radical (unpaired) electrons. The number of halogens is 1. The van der Waals surface area contributed by atoms with Crippen molar-refractivity contribution >= 4 is 17.3 Å². The van der Waals surface area contributed by atoms with E-state index in [0.717, 1.165) is 29.9 Å². The van der Waals surface area contributed by atoms with Crippen molar-refractivity contribution < 1.29 is 24.2 Å². The SMILES string of the molecule is CC[C@H]([NH2+][C@@H](C)C(=O)Nc1ccc(F)c([N+](=O)[O-])c1)c1ccc(OC)cc1. The van der Waals surface area contributed by atoms with E-state index in [0.29, 0.717) is 0 Å². The minimum atomic E-state index is -0.942. The number of quaternary nitrogens is 1. The summed E-state index contributed by atoms with van der Waals surface area (Å²) in [5.41, 5.74) is 0.579. The van der Waals surface area contributed by atoms with Crippen molar-refractivity contribution in [2.45, 2.75) is 32.4 Å². The lowest BCUT2D eigenvalue weighted by Gasteiger charge is -2.19. The number of nitro groups is 1. The number of carbonyl (C=O) groups is 1. The van der Waals surface area contributed by atoms with Gasteiger partial charge in [-0.15, -0.1) is 0 Å². The maximum Gasteiger partial charge on any atom is 0.306 e. The van der Waals surface area contributed by atoms with E-state index in [1.807, 2.05) is 36.5 Å². The molecule has 0 spiro atoms. The van der Waals surface area contributed by atoms with Crippen LogP contribution in [0, 0.1) is 15.9 Å². The van der Waals surface area contributed by atoms with Crippen molar-refractivity contribution in [3.8, 4) is 5.75 Å². The first-order valence-corrected chi connectivity index (χ1v) is 8.59. The zero-order valence-electron chi connectivity index (χ0n) is 15.4. The molecule has 0 unspecified atom stereocenters. The van der Waals surface area contributed by atoms with Gasteiger partial charge in [0.2, 0.25) is 5.82 Å². The topological polar surface area (TPSA) is 98.1 Å². The van der Waals surface area contributed by atoms with Gasteiger partial charge in [0.25, 0.3) is 5.91 Å². The molecule has 2 atom stereocenters. The van der Waals surface area contributed by atoms with Crippen LogP contribution in [0.3, 0.4) is 0 Å². The molecule has 0 bridgehead atoms. The van der Waals surface area contributed by atoms with Gasteiger partial charge >= 0.3 is 5.69 Å². The molecule has 0 aliphatic rings. The Labute approximate surface area is 156 Å². The van der Waals surface area contributed by atoms with E-state index in [2.05, 4.69) is 5.32 Å². The van der Waals surface area contributed by atoms with Crippen LogP contribution in [0.15, 0.2) is 42.5 Å². The summed E-state index contributed by atoms with van der Waals surface area (Å²) in [6, 6.07) is 10.6. The Morgan fingerprint density at radius 2 is 1.96 bits per heavy atom. The van der Waals surface area contributed by atoms with Crippen LogP contribution in [0.1, 0.15) is 31.9 Å². The number of nitrogens with two attached hydrogens (primary N) is 1. The maximum atomic E-state index is 13.4. The molecule has 2 aromatic carbocycles. The standard InChI is InChI=1S/C19H22FN3O4/c1-4-17(13-5-8-15(27-3)9-6-13)21-12(2)19(24)22-14-7-10-16(20)18(11-14)23(25)26/h5-12,17,21H,4H2,1-3H3,(H,22,24)/p+1/t12-,17-/m0/s1. The van der Waals surface area contributed by atoms with E-state index in [9.17, 15) is 19.3 Å². The van der Waals surface area contributed by atoms with E-state index in [4.69, 9.17) is 4.74 Å². The monoisotopic (exact) mass is 376 g/mol. The van der Waals surface area contributed by atoms with Crippen LogP contribution in [-0.4, -0.2) is 24.0 Å². The number of nitrogens with one attached hydrogen (secondary N) is 1. The second kappa shape index (κ2) is 9.09. The number of hydrogen-bond acceptors (Lipinski definition) is 4. The second-order valence-electron chi connectivity index (χ2n) is 6.18. The van der Waals surface area contributed by atoms with Crippen molar-refractivity contribution in [3.63, 3.8) is 0 Å². The van der Waals surface area contributed by atoms with Crippen molar-refractivity contribution in [1.82, 2.24) is 0 Å². The van der Waals surface area contributed by atoms with E-state index in [1.54, 1.807) is 14.0 Å². The molecule has 8 heteroatoms. The van der Waals surface area contributed by atoms with Crippen LogP contribution < -0.4 is 15.4 Å². The summed E-state index contributed by atoms with van der Waals surface area (Å²) in [7, 11) is 1.60. The van der Waals surface area contributed by atoms with Crippen LogP contribution in [0.2, 0.25) is 0 Å². The molecule has 0 saturated heterocycles. The third-order valence-electron chi connectivity index (χ3n) is 4.33. The highest BCUT2D eigenvalue weighted by atomic mass is 19.1. The molecule has 3 N–H and O–H groups in total. The van der Waals surface area contributed by atoms with Gasteiger partial charge < -0.3 is 15.4 Å². The molecule has 144 valence electrons. The first-order valence-electron chi connectivity index (χ1n) is 8.59. The third kappa shape index (κ3) is 5.24. The van der Waals surface area contributed by atoms with Gasteiger partial charge in [-0.25, -0.2) is 0 Å². The fourth-order valence-electron chi connectivity index (χ4n) is 2.76. The highest BCUT2D eigenvalue weighted by Gasteiger charge is 2.23. The normalized spacial score (nSPS) is 12.9. The molecule has 27 heavy (non-hydrogen) atoms. The van der Waals surface area contributed by atoms with E-state index in [-0.39, 0.29) is 17.6 Å². The minimum Gasteiger partial charge on any atom is -0.497 e. The average molecular weight is 376 g/mol. The summed E-state index contributed by atoms with van der Waals surface area (Å²) in [6.45, 7) is 3.78. The number of benzene rings is 2. The Bertz CT molecular complexity index is 811. The molecule has 7 nitrogen and oxygen atoms in total. The fraction of sp³-hybridized carbons (Fsp3) is 0.316. The van der Waals surface area contributed by atoms with Gasteiger partial charge in [-0.3, -0.25) is 14.9 Å². The average Bonchev–Trinajstić information content (AvgIpc) is 2.67. The quantitative estimate of drug-likeness (QED) is 0.547. The molecule has 0 aromatic heterocycles. The van der Waals surface area contributed by atoms with Crippen LogP contribution in [-0.2, 0) is 4.79 Å². The number of hydrogen-bond donors (Lipinski definition) is 2. The Hall–Kier alpha value is -3.00. The first kappa shape index (κ1) is 20.3. The largest absolute Gasteiger partial charge is 0.497 e. The molecule has 1 amide bonds. The fourth-order valence-corrected chi connectivity index (χ4v) is 2.76. The van der Waals surface area contributed by atoms with Crippen molar-refractivity contribution in [2.24, 2.45) is 0 Å². The zero-order valence-corrected chi connectivity index (χ0v) is 15.4. The number of rotatable bonds is 8. The first-order chi connectivity index (χ1) is 12.8. The summed E-state index contributed by atoms with van der Waals surface area (Å²) in [6.07, 6.45) is 0.811. The van der Waals surface area contributed by atoms with E-state index < -0.39 is 22.5 Å².